The highest BCUT2D eigenvalue weighted by atomic mass is 14.6. The van der Waals surface area contributed by atoms with E-state index in [9.17, 15) is 0 Å². The molecule has 0 saturated heterocycles. The number of aromatic amines is 1. The van der Waals surface area contributed by atoms with Crippen LogP contribution >= 0.6 is 0 Å². The van der Waals surface area contributed by atoms with Crippen molar-refractivity contribution in [3.8, 4) is 0 Å². The third kappa shape index (κ3) is 0.617. The Bertz CT molecular complexity index is 516. The second-order valence-corrected chi connectivity index (χ2v) is 1.68. The third-order valence-electron chi connectivity index (χ3n) is 1.12. The Labute approximate surface area is 60.3 Å². The Kier molecular flexibility index (Phi) is 0.337. The first-order valence-corrected chi connectivity index (χ1v) is 2.58. The van der Waals surface area contributed by atoms with E-state index in [4.69, 9.17) is 6.85 Å². The molecule has 0 fully saturated rings. The fourth-order valence-electron chi connectivity index (χ4n) is 0.709. The van der Waals surface area contributed by atoms with Crippen LogP contribution in [-0.2, 0) is 0 Å². The van der Waals surface area contributed by atoms with E-state index in [-0.39, 0.29) is 35.6 Å². The van der Waals surface area contributed by atoms with E-state index in [1.807, 2.05) is 0 Å². The number of nitrogens with one attached hydrogen (secondary N) is 1. The number of fused-ring (bicyclic) bond motifs is 1. The maximum Gasteiger partial charge on any atom is 0.0645 e. The zero-order valence-corrected chi connectivity index (χ0v) is 4.58. The molecule has 1 nitrogen and oxygen atoms in total. The van der Waals surface area contributed by atoms with E-state index in [1.54, 1.807) is 0 Å². The highest BCUT2D eigenvalue weighted by molar-refractivity contribution is 5.78. The molecule has 0 radical (unpaired) electrons. The first kappa shape index (κ1) is 1.87. The predicted octanol–water partition coefficient (Wildman–Crippen LogP) is 2.17. The fourth-order valence-corrected chi connectivity index (χ4v) is 0.709. The van der Waals surface area contributed by atoms with E-state index in [2.05, 4.69) is 4.98 Å². The maximum absolute atomic E-state index is 7.55. The van der Waals surface area contributed by atoms with E-state index < -0.39 is 0 Å². The van der Waals surface area contributed by atoms with Crippen molar-refractivity contribution in [1.29, 1.82) is 0 Å². The average molecular weight is 122 g/mol. The first-order chi connectivity index (χ1) is 6.54. The van der Waals surface area contributed by atoms with Gasteiger partial charge < -0.3 is 4.98 Å². The van der Waals surface area contributed by atoms with Gasteiger partial charge in [0, 0.05) is 11.7 Å². The lowest BCUT2D eigenvalue weighted by Crippen LogP contribution is -1.61. The minimum Gasteiger partial charge on any atom is -0.361 e. The lowest BCUT2D eigenvalue weighted by Gasteiger charge is -1.83. The van der Waals surface area contributed by atoms with E-state index in [1.165, 1.54) is 6.20 Å². The van der Waals surface area contributed by atoms with Crippen molar-refractivity contribution in [1.82, 2.24) is 4.98 Å². The van der Waals surface area contributed by atoms with Crippen molar-refractivity contribution in [3.63, 3.8) is 0 Å². The van der Waals surface area contributed by atoms with E-state index >= 15 is 0 Å². The lowest BCUT2D eigenvalue weighted by atomic mass is 10.3. The predicted molar refractivity (Wildman–Crippen MR) is 38.3 cm³/mol. The second kappa shape index (κ2) is 1.62. The molecule has 1 heteroatoms. The van der Waals surface area contributed by atoms with Crippen LogP contribution in [0.1, 0.15) is 6.85 Å². The van der Waals surface area contributed by atoms with Gasteiger partial charge >= 0.3 is 0 Å². The summed E-state index contributed by atoms with van der Waals surface area (Å²) in [4.78, 5) is 2.67. The van der Waals surface area contributed by atoms with Crippen molar-refractivity contribution in [2.75, 3.05) is 0 Å². The summed E-state index contributed by atoms with van der Waals surface area (Å²) in [5, 5.41) is 0.246. The number of hydrogen-bond donors (Lipinski definition) is 1. The van der Waals surface area contributed by atoms with Crippen LogP contribution < -0.4 is 0 Å². The van der Waals surface area contributed by atoms with Crippen LogP contribution in [0, 0.1) is 0 Å². The van der Waals surface area contributed by atoms with Crippen molar-refractivity contribution in [3.05, 3.63) is 36.4 Å². The summed E-state index contributed by atoms with van der Waals surface area (Å²) < 4.78 is 37.4. The number of hydrogen-bond acceptors (Lipinski definition) is 0. The average Bonchev–Trinajstić information content (AvgIpc) is 2.54. The summed E-state index contributed by atoms with van der Waals surface area (Å²) in [6.45, 7) is 0. The normalized spacial score (nSPS) is 18.0. The maximum atomic E-state index is 7.55. The molecule has 0 atom stereocenters. The van der Waals surface area contributed by atoms with Gasteiger partial charge in [-0.1, -0.05) is 18.1 Å². The van der Waals surface area contributed by atoms with E-state index in [0.717, 1.165) is 0 Å². The molecule has 0 aliphatic carbocycles. The number of rotatable bonds is 0. The molecule has 0 spiro atoms. The summed E-state index contributed by atoms with van der Waals surface area (Å²) in [5.41, 5.74) is 0.293. The molecule has 1 aromatic carbocycles. The minimum atomic E-state index is -0.296. The van der Waals surface area contributed by atoms with Crippen molar-refractivity contribution in [2.45, 2.75) is 0 Å². The molecule has 2 aromatic rings. The van der Waals surface area contributed by atoms with Gasteiger partial charge in [0.25, 0.3) is 0 Å². The van der Waals surface area contributed by atoms with Gasteiger partial charge in [-0.05, 0) is 17.5 Å². The van der Waals surface area contributed by atoms with Gasteiger partial charge in [0.1, 0.15) is 0 Å². The summed E-state index contributed by atoms with van der Waals surface area (Å²) in [5.74, 6) is 0. The molecule has 0 bridgehead atoms. The summed E-state index contributed by atoms with van der Waals surface area (Å²) in [7, 11) is 0. The lowest BCUT2D eigenvalue weighted by molar-refractivity contribution is 1.48. The molecule has 1 heterocycles. The standard InChI is InChI=1S/C8H7N/c1-2-4-8-7(3-1)5-6-9-8/h1-6,9H/i1D,2D,3D,4D,5D. The summed E-state index contributed by atoms with van der Waals surface area (Å²) in [6, 6.07) is -0.765. The summed E-state index contributed by atoms with van der Waals surface area (Å²) in [6.07, 6.45) is 1.36. The molecule has 0 aliphatic heterocycles. The van der Waals surface area contributed by atoms with Gasteiger partial charge in [-0.2, -0.15) is 0 Å². The van der Waals surface area contributed by atoms with Crippen LogP contribution in [0.4, 0.5) is 0 Å². The highest BCUT2D eigenvalue weighted by Gasteiger charge is 1.86. The topological polar surface area (TPSA) is 15.8 Å². The Morgan fingerprint density at radius 1 is 1.22 bits per heavy atom. The molecule has 0 aliphatic rings. The summed E-state index contributed by atoms with van der Waals surface area (Å²) >= 11 is 0. The minimum absolute atomic E-state index is 0.0898. The van der Waals surface area contributed by atoms with Gasteiger partial charge in [-0.15, -0.1) is 0 Å². The van der Waals surface area contributed by atoms with Gasteiger partial charge in [0.05, 0.1) is 6.85 Å². The van der Waals surface area contributed by atoms with Crippen LogP contribution in [0.15, 0.2) is 36.4 Å². The number of H-pyrrole nitrogens is 1. The molecular formula is C8H7N. The van der Waals surface area contributed by atoms with Gasteiger partial charge in [0.15, 0.2) is 0 Å². The van der Waals surface area contributed by atoms with Crippen molar-refractivity contribution in [2.24, 2.45) is 0 Å². The molecule has 0 unspecified atom stereocenters. The Morgan fingerprint density at radius 2 is 2.11 bits per heavy atom. The largest absolute Gasteiger partial charge is 0.361 e. The zero-order chi connectivity index (χ0) is 10.5. The van der Waals surface area contributed by atoms with Gasteiger partial charge in [-0.25, -0.2) is 0 Å². The Hall–Kier alpha value is -1.24. The number of para-hydroxylation sites is 1. The number of aromatic nitrogens is 1. The number of benzene rings is 1. The van der Waals surface area contributed by atoms with Crippen LogP contribution in [-0.4, -0.2) is 4.98 Å². The van der Waals surface area contributed by atoms with E-state index in [0.29, 0.717) is 5.52 Å². The van der Waals surface area contributed by atoms with Crippen LogP contribution in [0.5, 0.6) is 0 Å². The SMILES string of the molecule is [2H]c1c([2H])c([2H])c2c([2H])c[nH]c2c1[2H]. The first-order valence-electron chi connectivity index (χ1n) is 5.08. The highest BCUT2D eigenvalue weighted by Crippen LogP contribution is 2.09. The Balaban J connectivity index is 3.05. The molecule has 0 amide bonds. The zero-order valence-electron chi connectivity index (χ0n) is 9.58. The van der Waals surface area contributed by atoms with Crippen molar-refractivity contribution < 1.29 is 6.85 Å². The van der Waals surface area contributed by atoms with Gasteiger partial charge in [0.2, 0.25) is 0 Å². The Morgan fingerprint density at radius 3 is 3.11 bits per heavy atom. The molecular weight excluding hydrogens is 110 g/mol. The fraction of sp³-hybridized carbons (Fsp3) is 0. The van der Waals surface area contributed by atoms with Crippen LogP contribution in [0.3, 0.4) is 0 Å². The molecule has 1 aromatic heterocycles. The quantitative estimate of drug-likeness (QED) is 0.551. The second-order valence-electron chi connectivity index (χ2n) is 1.68. The third-order valence-corrected chi connectivity index (χ3v) is 1.12. The van der Waals surface area contributed by atoms with Crippen LogP contribution in [0.25, 0.3) is 10.9 Å². The molecule has 0 saturated carbocycles. The van der Waals surface area contributed by atoms with Gasteiger partial charge in [-0.3, -0.25) is 0 Å². The van der Waals surface area contributed by atoms with Crippen LogP contribution in [0.2, 0.25) is 0 Å². The molecule has 44 valence electrons. The molecule has 1 N–H and O–H groups in total. The molecule has 2 rings (SSSR count). The molecule has 9 heavy (non-hydrogen) atoms. The monoisotopic (exact) mass is 122 g/mol. The smallest absolute Gasteiger partial charge is 0.0645 e. The van der Waals surface area contributed by atoms with Crippen molar-refractivity contribution >= 4 is 10.9 Å².